The topological polar surface area (TPSA) is 85.4 Å². The van der Waals surface area contributed by atoms with Crippen LogP contribution in [0.4, 0.5) is 5.00 Å². The third-order valence-electron chi connectivity index (χ3n) is 2.91. The quantitative estimate of drug-likeness (QED) is 0.822. The van der Waals surface area contributed by atoms with Crippen LogP contribution in [-0.2, 0) is 14.6 Å². The number of carbonyl (C=O) groups excluding carboxylic acids is 1. The monoisotopic (exact) mass is 304 g/mol. The molecular weight excluding hydrogens is 288 g/mol. The fourth-order valence-corrected chi connectivity index (χ4v) is 4.53. The minimum Gasteiger partial charge on any atom is -0.461 e. The van der Waals surface area contributed by atoms with Crippen molar-refractivity contribution in [3.8, 4) is 0 Å². The number of nitrogens with one attached hydrogen (secondary N) is 1. The first-order valence-corrected chi connectivity index (χ1v) is 8.77. The summed E-state index contributed by atoms with van der Waals surface area (Å²) in [7, 11) is -2.87. The number of hydrogen-bond acceptors (Lipinski definition) is 7. The predicted molar refractivity (Wildman–Crippen MR) is 73.3 cm³/mol. The molecule has 1 aliphatic rings. The molecule has 1 aromatic rings. The summed E-state index contributed by atoms with van der Waals surface area (Å²) in [4.78, 5) is 15.6. The normalized spacial score (nSPS) is 21.2. The van der Waals surface area contributed by atoms with Crippen LogP contribution in [0.1, 0.15) is 23.8 Å². The SMILES string of the molecule is CCOC(=O)c1ncsc1NCC1CCS(=O)(=O)C1. The van der Waals surface area contributed by atoms with Crippen LogP contribution in [0.15, 0.2) is 5.51 Å². The van der Waals surface area contributed by atoms with Crippen molar-refractivity contribution in [1.82, 2.24) is 4.98 Å². The van der Waals surface area contributed by atoms with Crippen molar-refractivity contribution in [2.75, 3.05) is 30.0 Å². The molecule has 0 saturated carbocycles. The Morgan fingerprint density at radius 1 is 1.63 bits per heavy atom. The molecule has 1 aliphatic heterocycles. The maximum absolute atomic E-state index is 11.6. The average molecular weight is 304 g/mol. The number of ether oxygens (including phenoxy) is 1. The van der Waals surface area contributed by atoms with E-state index in [2.05, 4.69) is 10.3 Å². The molecule has 1 fully saturated rings. The number of thiazole rings is 1. The molecule has 2 heterocycles. The number of rotatable bonds is 5. The summed E-state index contributed by atoms with van der Waals surface area (Å²) in [6.45, 7) is 2.57. The lowest BCUT2D eigenvalue weighted by Gasteiger charge is -2.10. The maximum Gasteiger partial charge on any atom is 0.360 e. The highest BCUT2D eigenvalue weighted by molar-refractivity contribution is 7.91. The highest BCUT2D eigenvalue weighted by atomic mass is 32.2. The highest BCUT2D eigenvalue weighted by Crippen LogP contribution is 2.24. The van der Waals surface area contributed by atoms with Gasteiger partial charge in [-0.1, -0.05) is 0 Å². The number of carbonyl (C=O) groups is 1. The van der Waals surface area contributed by atoms with E-state index >= 15 is 0 Å². The van der Waals surface area contributed by atoms with Gasteiger partial charge in [-0.3, -0.25) is 0 Å². The second-order valence-corrected chi connectivity index (χ2v) is 7.48. The molecule has 0 radical (unpaired) electrons. The number of esters is 1. The summed E-state index contributed by atoms with van der Waals surface area (Å²) < 4.78 is 27.6. The van der Waals surface area contributed by atoms with E-state index in [9.17, 15) is 13.2 Å². The molecule has 1 unspecified atom stereocenters. The minimum atomic E-state index is -2.87. The molecule has 19 heavy (non-hydrogen) atoms. The third kappa shape index (κ3) is 3.66. The van der Waals surface area contributed by atoms with E-state index in [0.717, 1.165) is 0 Å². The number of sulfone groups is 1. The van der Waals surface area contributed by atoms with Crippen molar-refractivity contribution >= 4 is 32.1 Å². The van der Waals surface area contributed by atoms with E-state index in [1.165, 1.54) is 11.3 Å². The molecule has 1 aromatic heterocycles. The van der Waals surface area contributed by atoms with E-state index in [1.807, 2.05) is 0 Å². The molecular formula is C11H16N2O4S2. The molecule has 1 atom stereocenters. The summed E-state index contributed by atoms with van der Waals surface area (Å²) in [5.74, 6) is 0.118. The summed E-state index contributed by atoms with van der Waals surface area (Å²) in [5.41, 5.74) is 1.84. The summed E-state index contributed by atoms with van der Waals surface area (Å²) in [6.07, 6.45) is 0.670. The van der Waals surface area contributed by atoms with Gasteiger partial charge in [-0.2, -0.15) is 0 Å². The minimum absolute atomic E-state index is 0.0992. The zero-order valence-electron chi connectivity index (χ0n) is 10.6. The van der Waals surface area contributed by atoms with Gasteiger partial charge in [0.1, 0.15) is 5.00 Å². The molecule has 0 spiro atoms. The van der Waals surface area contributed by atoms with E-state index in [4.69, 9.17) is 4.74 Å². The van der Waals surface area contributed by atoms with Crippen LogP contribution in [0.3, 0.4) is 0 Å². The Balaban J connectivity index is 1.94. The molecule has 0 amide bonds. The van der Waals surface area contributed by atoms with Gasteiger partial charge in [-0.25, -0.2) is 18.2 Å². The molecule has 106 valence electrons. The molecule has 0 aromatic carbocycles. The van der Waals surface area contributed by atoms with Gasteiger partial charge in [0.2, 0.25) is 0 Å². The third-order valence-corrected chi connectivity index (χ3v) is 5.54. The van der Waals surface area contributed by atoms with Crippen LogP contribution >= 0.6 is 11.3 Å². The van der Waals surface area contributed by atoms with Crippen LogP contribution in [0.2, 0.25) is 0 Å². The standard InChI is InChI=1S/C11H16N2O4S2/c1-2-17-11(14)9-10(18-7-13-9)12-5-8-3-4-19(15,16)6-8/h7-8,12H,2-6H2,1H3. The van der Waals surface area contributed by atoms with Gasteiger partial charge in [-0.05, 0) is 19.3 Å². The van der Waals surface area contributed by atoms with Gasteiger partial charge in [0.05, 0.1) is 23.6 Å². The van der Waals surface area contributed by atoms with Gasteiger partial charge >= 0.3 is 5.97 Å². The Morgan fingerprint density at radius 2 is 2.42 bits per heavy atom. The Bertz CT molecular complexity index is 553. The highest BCUT2D eigenvalue weighted by Gasteiger charge is 2.28. The van der Waals surface area contributed by atoms with Crippen molar-refractivity contribution in [2.45, 2.75) is 13.3 Å². The van der Waals surface area contributed by atoms with Crippen LogP contribution in [0.25, 0.3) is 0 Å². The van der Waals surface area contributed by atoms with Gasteiger partial charge in [0.15, 0.2) is 15.5 Å². The molecule has 1 saturated heterocycles. The Kier molecular flexibility index (Phi) is 4.41. The molecule has 1 N–H and O–H groups in total. The Hall–Kier alpha value is -1.15. The van der Waals surface area contributed by atoms with Crippen molar-refractivity contribution in [3.05, 3.63) is 11.2 Å². The van der Waals surface area contributed by atoms with E-state index in [1.54, 1.807) is 12.4 Å². The maximum atomic E-state index is 11.6. The van der Waals surface area contributed by atoms with Gasteiger partial charge in [0.25, 0.3) is 0 Å². The Labute approximate surface area is 116 Å². The van der Waals surface area contributed by atoms with Crippen LogP contribution in [0.5, 0.6) is 0 Å². The van der Waals surface area contributed by atoms with Gasteiger partial charge in [0, 0.05) is 6.54 Å². The number of aromatic nitrogens is 1. The first kappa shape index (κ1) is 14.3. The smallest absolute Gasteiger partial charge is 0.360 e. The lowest BCUT2D eigenvalue weighted by atomic mass is 10.1. The molecule has 2 rings (SSSR count). The second-order valence-electron chi connectivity index (χ2n) is 4.40. The first-order valence-electron chi connectivity index (χ1n) is 6.06. The summed E-state index contributed by atoms with van der Waals surface area (Å²) in [6, 6.07) is 0. The van der Waals surface area contributed by atoms with E-state index in [-0.39, 0.29) is 23.1 Å². The van der Waals surface area contributed by atoms with Crippen molar-refractivity contribution in [2.24, 2.45) is 5.92 Å². The summed E-state index contributed by atoms with van der Waals surface area (Å²) >= 11 is 1.31. The van der Waals surface area contributed by atoms with Crippen molar-refractivity contribution in [3.63, 3.8) is 0 Å². The average Bonchev–Trinajstić information content (AvgIpc) is 2.93. The van der Waals surface area contributed by atoms with Crippen LogP contribution in [0, 0.1) is 5.92 Å². The molecule has 0 aliphatic carbocycles. The lowest BCUT2D eigenvalue weighted by Crippen LogP contribution is -2.17. The van der Waals surface area contributed by atoms with Gasteiger partial charge in [-0.15, -0.1) is 11.3 Å². The molecule has 6 nitrogen and oxygen atoms in total. The fraction of sp³-hybridized carbons (Fsp3) is 0.636. The van der Waals surface area contributed by atoms with Crippen LogP contribution in [-0.4, -0.2) is 44.0 Å². The van der Waals surface area contributed by atoms with E-state index < -0.39 is 15.8 Å². The number of anilines is 1. The first-order chi connectivity index (χ1) is 9.02. The van der Waals surface area contributed by atoms with E-state index in [0.29, 0.717) is 24.6 Å². The molecule has 8 heteroatoms. The zero-order chi connectivity index (χ0) is 13.9. The molecule has 0 bridgehead atoms. The van der Waals surface area contributed by atoms with Gasteiger partial charge < -0.3 is 10.1 Å². The van der Waals surface area contributed by atoms with Crippen LogP contribution < -0.4 is 5.32 Å². The predicted octanol–water partition coefficient (Wildman–Crippen LogP) is 1.17. The second kappa shape index (κ2) is 5.87. The number of hydrogen-bond donors (Lipinski definition) is 1. The van der Waals surface area contributed by atoms with Crippen molar-refractivity contribution < 1.29 is 17.9 Å². The van der Waals surface area contributed by atoms with Crippen molar-refractivity contribution in [1.29, 1.82) is 0 Å². The Morgan fingerprint density at radius 3 is 3.05 bits per heavy atom. The zero-order valence-corrected chi connectivity index (χ0v) is 12.2. The summed E-state index contributed by atoms with van der Waals surface area (Å²) in [5, 5.41) is 3.74. The largest absolute Gasteiger partial charge is 0.461 e. The fourth-order valence-electron chi connectivity index (χ4n) is 1.99. The number of nitrogens with zero attached hydrogens (tertiary/aromatic N) is 1. The lowest BCUT2D eigenvalue weighted by molar-refractivity contribution is 0.0521.